The van der Waals surface area contributed by atoms with Crippen LogP contribution in [0.2, 0.25) is 0 Å². The minimum atomic E-state index is -1.32. The first-order valence-electron chi connectivity index (χ1n) is 3.14. The summed E-state index contributed by atoms with van der Waals surface area (Å²) in [6, 6.07) is 0.801. The number of halogens is 4. The van der Waals surface area contributed by atoms with Gasteiger partial charge in [0.05, 0.1) is 16.3 Å². The summed E-state index contributed by atoms with van der Waals surface area (Å²) in [5, 5.41) is 2.91. The van der Waals surface area contributed by atoms with Crippen molar-refractivity contribution in [2.75, 3.05) is 0 Å². The lowest BCUT2D eigenvalue weighted by molar-refractivity contribution is 0.488. The van der Waals surface area contributed by atoms with Gasteiger partial charge in [0.15, 0.2) is 11.6 Å². The molecule has 0 aliphatic rings. The average molecular weight is 253 g/mol. The van der Waals surface area contributed by atoms with E-state index in [0.29, 0.717) is 6.21 Å². The van der Waals surface area contributed by atoms with E-state index >= 15 is 0 Å². The standard InChI is InChI=1S/C7H4BrF3N2/c8-4-1-5(9)3(2-13-12)6(10)7(4)11/h1-2H,12H2. The molecule has 0 aliphatic carbocycles. The Morgan fingerprint density at radius 2 is 1.92 bits per heavy atom. The van der Waals surface area contributed by atoms with Crippen LogP contribution < -0.4 is 5.84 Å². The van der Waals surface area contributed by atoms with Crippen molar-refractivity contribution >= 4 is 22.1 Å². The van der Waals surface area contributed by atoms with Crippen LogP contribution in [-0.2, 0) is 0 Å². The third kappa shape index (κ3) is 1.82. The number of hydrogen-bond acceptors (Lipinski definition) is 2. The summed E-state index contributed by atoms with van der Waals surface area (Å²) < 4.78 is 38.3. The monoisotopic (exact) mass is 252 g/mol. The van der Waals surface area contributed by atoms with Crippen LogP contribution in [0.5, 0.6) is 0 Å². The fourth-order valence-electron chi connectivity index (χ4n) is 0.773. The van der Waals surface area contributed by atoms with Crippen molar-refractivity contribution in [1.82, 2.24) is 0 Å². The zero-order valence-electron chi connectivity index (χ0n) is 6.19. The van der Waals surface area contributed by atoms with E-state index in [1.54, 1.807) is 0 Å². The Morgan fingerprint density at radius 1 is 1.31 bits per heavy atom. The summed E-state index contributed by atoms with van der Waals surface area (Å²) in [5.74, 6) is 1.27. The van der Waals surface area contributed by atoms with Crippen LogP contribution in [0.4, 0.5) is 13.2 Å². The zero-order valence-corrected chi connectivity index (χ0v) is 7.78. The van der Waals surface area contributed by atoms with Crippen LogP contribution in [-0.4, -0.2) is 6.21 Å². The predicted molar refractivity (Wildman–Crippen MR) is 45.8 cm³/mol. The SMILES string of the molecule is NN=Cc1c(F)cc(Br)c(F)c1F. The Labute approximate surface area is 80.4 Å². The number of benzene rings is 1. The Hall–Kier alpha value is -1.04. The lowest BCUT2D eigenvalue weighted by atomic mass is 10.2. The molecule has 1 aromatic carbocycles. The van der Waals surface area contributed by atoms with E-state index in [2.05, 4.69) is 26.9 Å². The van der Waals surface area contributed by atoms with E-state index in [-0.39, 0.29) is 4.47 Å². The van der Waals surface area contributed by atoms with Gasteiger partial charge in [0.25, 0.3) is 0 Å². The van der Waals surface area contributed by atoms with E-state index in [9.17, 15) is 13.2 Å². The zero-order chi connectivity index (χ0) is 10.0. The molecule has 0 aromatic heterocycles. The van der Waals surface area contributed by atoms with Gasteiger partial charge < -0.3 is 5.84 Å². The number of rotatable bonds is 1. The quantitative estimate of drug-likeness (QED) is 0.269. The Bertz CT molecular complexity index is 365. The van der Waals surface area contributed by atoms with Crippen LogP contribution in [0.25, 0.3) is 0 Å². The molecule has 0 bridgehead atoms. The molecular weight excluding hydrogens is 249 g/mol. The number of hydrogen-bond donors (Lipinski definition) is 1. The van der Waals surface area contributed by atoms with Crippen molar-refractivity contribution in [2.45, 2.75) is 0 Å². The minimum absolute atomic E-state index is 0.281. The second-order valence-corrected chi connectivity index (χ2v) is 3.01. The normalized spacial score (nSPS) is 11.1. The molecule has 13 heavy (non-hydrogen) atoms. The van der Waals surface area contributed by atoms with Crippen molar-refractivity contribution in [3.8, 4) is 0 Å². The summed E-state index contributed by atoms with van der Waals surface area (Å²) in [6.07, 6.45) is 0.709. The second-order valence-electron chi connectivity index (χ2n) is 2.16. The molecule has 0 atom stereocenters. The highest BCUT2D eigenvalue weighted by Gasteiger charge is 2.15. The van der Waals surface area contributed by atoms with Crippen molar-refractivity contribution in [2.24, 2.45) is 10.9 Å². The topological polar surface area (TPSA) is 38.4 Å². The van der Waals surface area contributed by atoms with Crippen molar-refractivity contribution in [1.29, 1.82) is 0 Å². The van der Waals surface area contributed by atoms with E-state index < -0.39 is 23.0 Å². The summed E-state index contributed by atoms with van der Waals surface area (Å²) in [4.78, 5) is 0. The third-order valence-electron chi connectivity index (χ3n) is 1.35. The average Bonchev–Trinajstić information content (AvgIpc) is 2.09. The molecule has 0 unspecified atom stereocenters. The van der Waals surface area contributed by atoms with Crippen LogP contribution in [0.3, 0.4) is 0 Å². The number of nitrogens with two attached hydrogens (primary N) is 1. The maximum absolute atomic E-state index is 12.9. The van der Waals surface area contributed by atoms with Gasteiger partial charge in [0, 0.05) is 0 Å². The summed E-state index contributed by atoms with van der Waals surface area (Å²) >= 11 is 2.65. The van der Waals surface area contributed by atoms with E-state index in [1.165, 1.54) is 0 Å². The molecule has 1 rings (SSSR count). The molecule has 6 heteroatoms. The van der Waals surface area contributed by atoms with Gasteiger partial charge in [-0.15, -0.1) is 0 Å². The third-order valence-corrected chi connectivity index (χ3v) is 1.93. The highest BCUT2D eigenvalue weighted by atomic mass is 79.9. The molecule has 2 N–H and O–H groups in total. The van der Waals surface area contributed by atoms with Gasteiger partial charge in [-0.2, -0.15) is 5.10 Å². The minimum Gasteiger partial charge on any atom is -0.323 e. The molecule has 1 aromatic rings. The van der Waals surface area contributed by atoms with E-state index in [4.69, 9.17) is 0 Å². The van der Waals surface area contributed by atoms with E-state index in [1.807, 2.05) is 0 Å². The van der Waals surface area contributed by atoms with Crippen molar-refractivity contribution in [3.05, 3.63) is 33.6 Å². The maximum atomic E-state index is 12.9. The smallest absolute Gasteiger partial charge is 0.173 e. The highest BCUT2D eigenvalue weighted by Crippen LogP contribution is 2.22. The molecule has 0 amide bonds. The lowest BCUT2D eigenvalue weighted by Crippen LogP contribution is -2.00. The molecule has 0 heterocycles. The Morgan fingerprint density at radius 3 is 2.46 bits per heavy atom. The molecule has 0 saturated heterocycles. The summed E-state index contributed by atoms with van der Waals surface area (Å²) in [6.45, 7) is 0. The molecule has 70 valence electrons. The number of hydrazone groups is 1. The van der Waals surface area contributed by atoms with Crippen molar-refractivity contribution < 1.29 is 13.2 Å². The van der Waals surface area contributed by atoms with Gasteiger partial charge in [0.1, 0.15) is 5.82 Å². The molecule has 0 radical (unpaired) electrons. The van der Waals surface area contributed by atoms with Crippen LogP contribution in [0.15, 0.2) is 15.6 Å². The fraction of sp³-hybridized carbons (Fsp3) is 0. The number of nitrogens with zero attached hydrogens (tertiary/aromatic N) is 1. The van der Waals surface area contributed by atoms with Crippen LogP contribution in [0.1, 0.15) is 5.56 Å². The molecular formula is C7H4BrF3N2. The van der Waals surface area contributed by atoms with Gasteiger partial charge >= 0.3 is 0 Å². The largest absolute Gasteiger partial charge is 0.323 e. The summed E-state index contributed by atoms with van der Waals surface area (Å²) in [5.41, 5.74) is -0.594. The van der Waals surface area contributed by atoms with Gasteiger partial charge in [0.2, 0.25) is 0 Å². The Balaban J connectivity index is 3.43. The highest BCUT2D eigenvalue weighted by molar-refractivity contribution is 9.10. The second kappa shape index (κ2) is 3.78. The molecule has 0 saturated carbocycles. The fourth-order valence-corrected chi connectivity index (χ4v) is 1.15. The molecule has 0 aliphatic heterocycles. The predicted octanol–water partition coefficient (Wildman–Crippen LogP) is 2.16. The van der Waals surface area contributed by atoms with Gasteiger partial charge in [-0.05, 0) is 22.0 Å². The van der Waals surface area contributed by atoms with Gasteiger partial charge in [-0.25, -0.2) is 13.2 Å². The van der Waals surface area contributed by atoms with Crippen LogP contribution >= 0.6 is 15.9 Å². The van der Waals surface area contributed by atoms with E-state index in [0.717, 1.165) is 6.07 Å². The Kier molecular flexibility index (Phi) is 2.92. The first-order valence-corrected chi connectivity index (χ1v) is 3.93. The molecule has 2 nitrogen and oxygen atoms in total. The summed E-state index contributed by atoms with van der Waals surface area (Å²) in [7, 11) is 0. The lowest BCUT2D eigenvalue weighted by Gasteiger charge is -2.01. The van der Waals surface area contributed by atoms with Gasteiger partial charge in [-0.1, -0.05) is 0 Å². The maximum Gasteiger partial charge on any atom is 0.173 e. The molecule has 0 fully saturated rings. The first-order chi connectivity index (χ1) is 6.07. The van der Waals surface area contributed by atoms with Crippen LogP contribution in [0, 0.1) is 17.5 Å². The first kappa shape index (κ1) is 10.0. The van der Waals surface area contributed by atoms with Gasteiger partial charge in [-0.3, -0.25) is 0 Å². The molecule has 0 spiro atoms. The van der Waals surface area contributed by atoms with Crippen molar-refractivity contribution in [3.63, 3.8) is 0 Å².